The molecule has 0 amide bonds. The Kier molecular flexibility index (Phi) is 7.64. The maximum Gasteiger partial charge on any atom is 0.138 e. The first-order valence-electron chi connectivity index (χ1n) is 6.86. The molecule has 4 nitrogen and oxygen atoms in total. The zero-order chi connectivity index (χ0) is 15.5. The molecule has 0 bridgehead atoms. The van der Waals surface area contributed by atoms with Crippen molar-refractivity contribution in [3.05, 3.63) is 52.0 Å². The number of nitrogens with one attached hydrogen (secondary N) is 1. The lowest BCUT2D eigenvalue weighted by Gasteiger charge is -2.15. The van der Waals surface area contributed by atoms with Gasteiger partial charge in [-0.2, -0.15) is 4.91 Å². The molecular formula is C17H20N2O2. The first-order valence-corrected chi connectivity index (χ1v) is 6.86. The Bertz CT molecular complexity index is 576. The van der Waals surface area contributed by atoms with Gasteiger partial charge >= 0.3 is 0 Å². The normalized spacial score (nSPS) is 19.8. The fourth-order valence-electron chi connectivity index (χ4n) is 1.48. The molecule has 0 aromatic rings. The molecule has 0 spiro atoms. The van der Waals surface area contributed by atoms with Crippen LogP contribution in [0.25, 0.3) is 0 Å². The molecule has 1 aliphatic carbocycles. The van der Waals surface area contributed by atoms with Gasteiger partial charge in [0.05, 0.1) is 0 Å². The Morgan fingerprint density at radius 1 is 1.33 bits per heavy atom. The molecule has 0 saturated heterocycles. The van der Waals surface area contributed by atoms with Crippen LogP contribution >= 0.6 is 0 Å². The molecule has 1 rings (SSSR count). The molecule has 0 aromatic carbocycles. The summed E-state index contributed by atoms with van der Waals surface area (Å²) in [5.74, 6) is 6.28. The van der Waals surface area contributed by atoms with Gasteiger partial charge in [-0.15, -0.1) is 0 Å². The molecule has 21 heavy (non-hydrogen) atoms. The third kappa shape index (κ3) is 7.15. The van der Waals surface area contributed by atoms with Crippen molar-refractivity contribution in [2.24, 2.45) is 5.18 Å². The highest BCUT2D eigenvalue weighted by atomic mass is 16.5. The van der Waals surface area contributed by atoms with E-state index in [1.54, 1.807) is 18.2 Å². The lowest BCUT2D eigenvalue weighted by atomic mass is 10.2. The number of hydrogen-bond donors (Lipinski definition) is 1. The largest absolute Gasteiger partial charge is 0.490 e. The molecular weight excluding hydrogens is 264 g/mol. The minimum atomic E-state index is -0.431. The van der Waals surface area contributed by atoms with Crippen molar-refractivity contribution >= 4 is 0 Å². The molecule has 1 N–H and O–H groups in total. The van der Waals surface area contributed by atoms with Gasteiger partial charge in [0.15, 0.2) is 0 Å². The lowest BCUT2D eigenvalue weighted by molar-refractivity contribution is 0.198. The summed E-state index contributed by atoms with van der Waals surface area (Å²) in [5, 5.41) is 6.26. The van der Waals surface area contributed by atoms with Crippen LogP contribution in [-0.2, 0) is 4.74 Å². The molecule has 1 unspecified atom stereocenters. The van der Waals surface area contributed by atoms with E-state index in [0.717, 1.165) is 5.57 Å². The van der Waals surface area contributed by atoms with E-state index >= 15 is 0 Å². The van der Waals surface area contributed by atoms with E-state index < -0.39 is 6.04 Å². The van der Waals surface area contributed by atoms with Crippen LogP contribution in [0.15, 0.2) is 52.3 Å². The van der Waals surface area contributed by atoms with Gasteiger partial charge in [-0.1, -0.05) is 42.3 Å². The summed E-state index contributed by atoms with van der Waals surface area (Å²) in [6.07, 6.45) is 6.86. The van der Waals surface area contributed by atoms with Crippen LogP contribution in [0.2, 0.25) is 0 Å². The lowest BCUT2D eigenvalue weighted by Crippen LogP contribution is -2.33. The second-order valence-corrected chi connectivity index (χ2v) is 4.88. The fourth-order valence-corrected chi connectivity index (χ4v) is 1.48. The fraction of sp³-hybridized carbons (Fsp3) is 0.412. The number of allylic oxidation sites excluding steroid dienone is 5. The molecule has 0 radical (unpaired) electrons. The smallest absolute Gasteiger partial charge is 0.138 e. The van der Waals surface area contributed by atoms with Crippen molar-refractivity contribution < 1.29 is 4.74 Å². The van der Waals surface area contributed by atoms with Crippen molar-refractivity contribution in [2.75, 3.05) is 13.2 Å². The van der Waals surface area contributed by atoms with Gasteiger partial charge in [0.25, 0.3) is 0 Å². The second kappa shape index (κ2) is 9.58. The van der Waals surface area contributed by atoms with Crippen molar-refractivity contribution in [1.82, 2.24) is 5.32 Å². The average molecular weight is 284 g/mol. The molecule has 0 aliphatic heterocycles. The van der Waals surface area contributed by atoms with Gasteiger partial charge in [0, 0.05) is 24.7 Å². The first-order chi connectivity index (χ1) is 10.1. The summed E-state index contributed by atoms with van der Waals surface area (Å²) in [5.41, 5.74) is 6.54. The molecule has 0 aromatic heterocycles. The molecule has 110 valence electrons. The van der Waals surface area contributed by atoms with E-state index in [0.29, 0.717) is 18.3 Å². The topological polar surface area (TPSA) is 50.7 Å². The van der Waals surface area contributed by atoms with Gasteiger partial charge in [0.2, 0.25) is 0 Å². The van der Waals surface area contributed by atoms with Crippen LogP contribution in [-0.4, -0.2) is 25.2 Å². The Labute approximate surface area is 125 Å². The number of nitroso groups, excluding NO2 is 1. The second-order valence-electron chi connectivity index (χ2n) is 4.88. The van der Waals surface area contributed by atoms with Crippen molar-refractivity contribution in [2.45, 2.75) is 32.9 Å². The molecule has 1 atom stereocenters. The zero-order valence-electron chi connectivity index (χ0n) is 12.6. The highest BCUT2D eigenvalue weighted by molar-refractivity contribution is 5.35. The summed E-state index contributed by atoms with van der Waals surface area (Å²) < 4.78 is 5.69. The van der Waals surface area contributed by atoms with E-state index in [1.807, 2.05) is 26.8 Å². The maximum atomic E-state index is 10.8. The van der Waals surface area contributed by atoms with Gasteiger partial charge in [0.1, 0.15) is 18.4 Å². The van der Waals surface area contributed by atoms with E-state index in [-0.39, 0.29) is 6.61 Å². The third-order valence-electron chi connectivity index (χ3n) is 2.66. The van der Waals surface area contributed by atoms with Crippen LogP contribution in [0.4, 0.5) is 0 Å². The van der Waals surface area contributed by atoms with Gasteiger partial charge in [-0.25, -0.2) is 0 Å². The molecule has 4 heteroatoms. The number of ether oxygens (including phenoxy) is 1. The Hall–Kier alpha value is -2.30. The summed E-state index contributed by atoms with van der Waals surface area (Å²) >= 11 is 0. The van der Waals surface area contributed by atoms with Gasteiger partial charge < -0.3 is 10.1 Å². The summed E-state index contributed by atoms with van der Waals surface area (Å²) in [6.45, 7) is 6.66. The van der Waals surface area contributed by atoms with Crippen molar-refractivity contribution in [3.8, 4) is 11.8 Å². The summed E-state index contributed by atoms with van der Waals surface area (Å²) in [7, 11) is 0. The monoisotopic (exact) mass is 284 g/mol. The summed E-state index contributed by atoms with van der Waals surface area (Å²) in [6, 6.07) is -0.127. The van der Waals surface area contributed by atoms with Gasteiger partial charge in [-0.05, 0) is 24.6 Å². The van der Waals surface area contributed by atoms with Gasteiger partial charge in [-0.3, -0.25) is 0 Å². The maximum absolute atomic E-state index is 10.8. The Balaban J connectivity index is 2.69. The van der Waals surface area contributed by atoms with E-state index in [2.05, 4.69) is 33.8 Å². The van der Waals surface area contributed by atoms with Crippen LogP contribution in [0.3, 0.4) is 0 Å². The number of rotatable bonds is 7. The average Bonchev–Trinajstić information content (AvgIpc) is 2.47. The standard InChI is InChI=1S/C17H20N2O2/c1-14(2)18-12-16(19-20)13-21-17-11-9-7-5-4-6-8-10-15(17)3/h5,8,10-11,14,16,18H,12-13H2,1-3H3/b10-8?,15-10+,17-11+,17-15?. The van der Waals surface area contributed by atoms with Crippen LogP contribution in [0.5, 0.6) is 0 Å². The molecule has 0 saturated carbocycles. The molecule has 0 heterocycles. The highest BCUT2D eigenvalue weighted by Crippen LogP contribution is 2.12. The highest BCUT2D eigenvalue weighted by Gasteiger charge is 2.11. The SMILES string of the molecule is CC1=C\C=C=C=CC#C/C=C\1OCC(CNC(C)C)N=O. The van der Waals surface area contributed by atoms with Crippen LogP contribution < -0.4 is 5.32 Å². The van der Waals surface area contributed by atoms with E-state index in [4.69, 9.17) is 4.74 Å². The molecule has 1 aliphatic rings. The zero-order valence-corrected chi connectivity index (χ0v) is 12.6. The predicted octanol–water partition coefficient (Wildman–Crippen LogP) is 2.85. The third-order valence-corrected chi connectivity index (χ3v) is 2.66. The first kappa shape index (κ1) is 16.8. The van der Waals surface area contributed by atoms with Crippen molar-refractivity contribution in [3.63, 3.8) is 0 Å². The predicted molar refractivity (Wildman–Crippen MR) is 84.5 cm³/mol. The summed E-state index contributed by atoms with van der Waals surface area (Å²) in [4.78, 5) is 10.8. The molecule has 0 fully saturated rings. The minimum absolute atomic E-state index is 0.220. The Morgan fingerprint density at radius 3 is 2.86 bits per heavy atom. The van der Waals surface area contributed by atoms with Crippen LogP contribution in [0, 0.1) is 16.7 Å². The number of nitrogens with zero attached hydrogens (tertiary/aromatic N) is 1. The van der Waals surface area contributed by atoms with Crippen molar-refractivity contribution in [1.29, 1.82) is 0 Å². The van der Waals surface area contributed by atoms with Crippen LogP contribution in [0.1, 0.15) is 20.8 Å². The van der Waals surface area contributed by atoms with E-state index in [1.165, 1.54) is 0 Å². The Morgan fingerprint density at radius 2 is 2.14 bits per heavy atom. The minimum Gasteiger partial charge on any atom is -0.490 e. The number of hydrogen-bond acceptors (Lipinski definition) is 4. The quantitative estimate of drug-likeness (QED) is 0.444. The van der Waals surface area contributed by atoms with E-state index in [9.17, 15) is 4.91 Å².